The molecule has 0 aromatic heterocycles. The number of nitrogens with one attached hydrogen (secondary N) is 1. The lowest BCUT2D eigenvalue weighted by atomic mass is 10.1. The van der Waals surface area contributed by atoms with Crippen molar-refractivity contribution in [1.29, 1.82) is 0 Å². The van der Waals surface area contributed by atoms with Crippen molar-refractivity contribution < 1.29 is 19.1 Å². The average molecular weight is 286 g/mol. The number of amides is 1. The Kier molecular flexibility index (Phi) is 6.15. The fraction of sp³-hybridized carbons (Fsp3) is 0.385. The summed E-state index contributed by atoms with van der Waals surface area (Å²) in [6.45, 7) is 1.91. The maximum atomic E-state index is 11.6. The van der Waals surface area contributed by atoms with Crippen LogP contribution in [-0.4, -0.2) is 31.8 Å². The number of carbonyl (C=O) groups excluding carboxylic acids is 2. The lowest BCUT2D eigenvalue weighted by molar-refractivity contribution is -0.142. The molecule has 0 aliphatic carbocycles. The van der Waals surface area contributed by atoms with E-state index in [4.69, 9.17) is 16.3 Å². The second-order valence-corrected chi connectivity index (χ2v) is 4.14. The van der Waals surface area contributed by atoms with Crippen molar-refractivity contribution in [3.63, 3.8) is 0 Å². The van der Waals surface area contributed by atoms with Gasteiger partial charge in [0.05, 0.1) is 13.7 Å². The van der Waals surface area contributed by atoms with Crippen LogP contribution in [0.2, 0.25) is 5.02 Å². The van der Waals surface area contributed by atoms with E-state index in [1.165, 1.54) is 7.11 Å². The number of methoxy groups -OCH3 is 1. The molecule has 0 unspecified atom stereocenters. The molecule has 0 radical (unpaired) electrons. The number of rotatable bonds is 5. The minimum Gasteiger partial charge on any atom is -0.467 e. The largest absolute Gasteiger partial charge is 0.467 e. The van der Waals surface area contributed by atoms with Gasteiger partial charge >= 0.3 is 12.1 Å². The topological polar surface area (TPSA) is 64.6 Å². The predicted molar refractivity (Wildman–Crippen MR) is 71.1 cm³/mol. The Bertz CT molecular complexity index is 450. The monoisotopic (exact) mass is 285 g/mol. The minimum absolute atomic E-state index is 0.228. The standard InChI is InChI=1S/C13H16ClNO4/c1-3-19-13(17)15-11(12(16)18-2)8-9-6-4-5-7-10(9)14/h4-7,11H,3,8H2,1-2H3,(H,15,17)/t11-/m0/s1. The van der Waals surface area contributed by atoms with Crippen LogP contribution < -0.4 is 5.32 Å². The van der Waals surface area contributed by atoms with Gasteiger partial charge in [-0.05, 0) is 18.6 Å². The van der Waals surface area contributed by atoms with Crippen molar-refractivity contribution in [1.82, 2.24) is 5.32 Å². The first-order valence-electron chi connectivity index (χ1n) is 5.83. The molecule has 0 saturated carbocycles. The van der Waals surface area contributed by atoms with Crippen LogP contribution in [0.5, 0.6) is 0 Å². The normalized spacial score (nSPS) is 11.5. The van der Waals surface area contributed by atoms with Crippen LogP contribution >= 0.6 is 11.6 Å². The van der Waals surface area contributed by atoms with Crippen molar-refractivity contribution in [2.24, 2.45) is 0 Å². The van der Waals surface area contributed by atoms with Crippen molar-refractivity contribution >= 4 is 23.7 Å². The van der Waals surface area contributed by atoms with E-state index in [1.807, 2.05) is 0 Å². The third kappa shape index (κ3) is 4.79. The molecule has 19 heavy (non-hydrogen) atoms. The Hall–Kier alpha value is -1.75. The Labute approximate surface area is 116 Å². The number of alkyl carbamates (subject to hydrolysis) is 1. The molecule has 1 rings (SSSR count). The summed E-state index contributed by atoms with van der Waals surface area (Å²) in [6, 6.07) is 6.27. The van der Waals surface area contributed by atoms with Gasteiger partial charge < -0.3 is 14.8 Å². The highest BCUT2D eigenvalue weighted by Gasteiger charge is 2.23. The summed E-state index contributed by atoms with van der Waals surface area (Å²) in [4.78, 5) is 23.0. The van der Waals surface area contributed by atoms with Gasteiger partial charge in [0, 0.05) is 11.4 Å². The summed E-state index contributed by atoms with van der Waals surface area (Å²) >= 11 is 6.02. The van der Waals surface area contributed by atoms with Crippen LogP contribution in [0.3, 0.4) is 0 Å². The van der Waals surface area contributed by atoms with Crippen LogP contribution in [-0.2, 0) is 20.7 Å². The number of ether oxygens (including phenoxy) is 2. The summed E-state index contributed by atoms with van der Waals surface area (Å²) in [6.07, 6.45) is -0.421. The van der Waals surface area contributed by atoms with E-state index in [0.29, 0.717) is 5.02 Å². The van der Waals surface area contributed by atoms with E-state index in [1.54, 1.807) is 31.2 Å². The SMILES string of the molecule is CCOC(=O)N[C@@H](Cc1ccccc1Cl)C(=O)OC. The number of hydrogen-bond acceptors (Lipinski definition) is 4. The Morgan fingerprint density at radius 1 is 1.37 bits per heavy atom. The highest BCUT2D eigenvalue weighted by Crippen LogP contribution is 2.17. The molecule has 1 aromatic rings. The fourth-order valence-corrected chi connectivity index (χ4v) is 1.75. The highest BCUT2D eigenvalue weighted by atomic mass is 35.5. The lowest BCUT2D eigenvalue weighted by Gasteiger charge is -2.16. The van der Waals surface area contributed by atoms with Crippen molar-refractivity contribution in [3.8, 4) is 0 Å². The van der Waals surface area contributed by atoms with Crippen LogP contribution in [0.25, 0.3) is 0 Å². The number of benzene rings is 1. The van der Waals surface area contributed by atoms with E-state index in [0.717, 1.165) is 5.56 Å². The first-order valence-corrected chi connectivity index (χ1v) is 6.20. The third-order valence-corrected chi connectivity index (χ3v) is 2.80. The third-order valence-electron chi connectivity index (χ3n) is 2.44. The summed E-state index contributed by atoms with van der Waals surface area (Å²) < 4.78 is 9.40. The molecule has 0 aliphatic heterocycles. The zero-order valence-corrected chi connectivity index (χ0v) is 11.6. The first-order chi connectivity index (χ1) is 9.08. The van der Waals surface area contributed by atoms with E-state index < -0.39 is 18.1 Å². The molecule has 5 nitrogen and oxygen atoms in total. The fourth-order valence-electron chi connectivity index (χ4n) is 1.53. The van der Waals surface area contributed by atoms with Gasteiger partial charge in [-0.3, -0.25) is 0 Å². The molecule has 0 fully saturated rings. The highest BCUT2D eigenvalue weighted by molar-refractivity contribution is 6.31. The van der Waals surface area contributed by atoms with Crippen molar-refractivity contribution in [2.45, 2.75) is 19.4 Å². The maximum Gasteiger partial charge on any atom is 0.407 e. The molecule has 0 heterocycles. The minimum atomic E-state index is -0.830. The molecule has 1 atom stereocenters. The molecule has 0 aliphatic rings. The van der Waals surface area contributed by atoms with Gasteiger partial charge in [-0.2, -0.15) is 0 Å². The quantitative estimate of drug-likeness (QED) is 0.842. The zero-order chi connectivity index (χ0) is 14.3. The van der Waals surface area contributed by atoms with E-state index in [2.05, 4.69) is 10.1 Å². The molecule has 1 aromatic carbocycles. The van der Waals surface area contributed by atoms with Crippen LogP contribution in [0.4, 0.5) is 4.79 Å². The number of carbonyl (C=O) groups is 2. The Morgan fingerprint density at radius 2 is 2.05 bits per heavy atom. The number of halogens is 1. The summed E-state index contributed by atoms with van der Waals surface area (Å²) in [5, 5.41) is 2.98. The molecule has 104 valence electrons. The lowest BCUT2D eigenvalue weighted by Crippen LogP contribution is -2.43. The van der Waals surface area contributed by atoms with Gasteiger partial charge in [0.25, 0.3) is 0 Å². The Morgan fingerprint density at radius 3 is 2.63 bits per heavy atom. The van der Waals surface area contributed by atoms with Gasteiger partial charge in [-0.1, -0.05) is 29.8 Å². The molecule has 0 spiro atoms. The molecular weight excluding hydrogens is 270 g/mol. The van der Waals surface area contributed by atoms with E-state index in [9.17, 15) is 9.59 Å². The predicted octanol–water partition coefficient (Wildman–Crippen LogP) is 2.17. The number of esters is 1. The second-order valence-electron chi connectivity index (χ2n) is 3.74. The molecule has 0 saturated heterocycles. The van der Waals surface area contributed by atoms with Crippen LogP contribution in [0.1, 0.15) is 12.5 Å². The van der Waals surface area contributed by atoms with Gasteiger partial charge in [-0.15, -0.1) is 0 Å². The van der Waals surface area contributed by atoms with Crippen LogP contribution in [0, 0.1) is 0 Å². The molecule has 0 bridgehead atoms. The molecule has 1 N–H and O–H groups in total. The smallest absolute Gasteiger partial charge is 0.407 e. The van der Waals surface area contributed by atoms with E-state index in [-0.39, 0.29) is 13.0 Å². The maximum absolute atomic E-state index is 11.6. The summed E-state index contributed by atoms with van der Waals surface area (Å²) in [5.41, 5.74) is 0.747. The second kappa shape index (κ2) is 7.63. The van der Waals surface area contributed by atoms with Gasteiger partial charge in [0.15, 0.2) is 0 Å². The first kappa shape index (κ1) is 15.3. The van der Waals surface area contributed by atoms with E-state index >= 15 is 0 Å². The average Bonchev–Trinajstić information content (AvgIpc) is 2.39. The molecular formula is C13H16ClNO4. The van der Waals surface area contributed by atoms with Gasteiger partial charge in [0.2, 0.25) is 0 Å². The van der Waals surface area contributed by atoms with Crippen molar-refractivity contribution in [2.75, 3.05) is 13.7 Å². The molecule has 1 amide bonds. The Balaban J connectivity index is 2.78. The van der Waals surface area contributed by atoms with Gasteiger partial charge in [0.1, 0.15) is 6.04 Å². The summed E-state index contributed by atoms with van der Waals surface area (Å²) in [5.74, 6) is -0.548. The van der Waals surface area contributed by atoms with Gasteiger partial charge in [-0.25, -0.2) is 9.59 Å². The zero-order valence-electron chi connectivity index (χ0n) is 10.8. The number of hydrogen-bond donors (Lipinski definition) is 1. The van der Waals surface area contributed by atoms with Crippen LogP contribution in [0.15, 0.2) is 24.3 Å². The molecule has 6 heteroatoms. The summed E-state index contributed by atoms with van der Waals surface area (Å²) in [7, 11) is 1.26. The van der Waals surface area contributed by atoms with Crippen molar-refractivity contribution in [3.05, 3.63) is 34.9 Å².